The molecule has 6 nitrogen and oxygen atoms in total. The van der Waals surface area contributed by atoms with Gasteiger partial charge in [0.2, 0.25) is 0 Å². The largest absolute Gasteiger partial charge is 0.485 e. The molecule has 1 amide bonds. The van der Waals surface area contributed by atoms with Gasteiger partial charge in [0, 0.05) is 23.4 Å². The van der Waals surface area contributed by atoms with Gasteiger partial charge in [-0.15, -0.1) is 0 Å². The second-order valence-electron chi connectivity index (χ2n) is 9.10. The first-order valence-electron chi connectivity index (χ1n) is 11.6. The fourth-order valence-corrected chi connectivity index (χ4v) is 4.89. The molecule has 7 heteroatoms. The highest BCUT2D eigenvalue weighted by molar-refractivity contribution is 6.30. The van der Waals surface area contributed by atoms with Gasteiger partial charge in [0.05, 0.1) is 18.7 Å². The van der Waals surface area contributed by atoms with Crippen LogP contribution in [-0.4, -0.2) is 24.6 Å². The van der Waals surface area contributed by atoms with Crippen molar-refractivity contribution >= 4 is 23.5 Å². The average molecular weight is 492 g/mol. The molecule has 2 aliphatic rings. The molecule has 1 N–H and O–H groups in total. The lowest BCUT2D eigenvalue weighted by Gasteiger charge is -2.38. The SMILES string of the molecule is COC(=O)c1ccc([C@H]2C[C@@H](NC(=O)[C@]3(C)CCc4cc(Cl)ccc4O3)c3ccccc3O2)cc1. The maximum absolute atomic E-state index is 13.5. The van der Waals surface area contributed by atoms with Crippen LogP contribution in [0.2, 0.25) is 5.02 Å². The molecule has 3 atom stereocenters. The molecule has 3 aromatic carbocycles. The summed E-state index contributed by atoms with van der Waals surface area (Å²) in [6.45, 7) is 1.83. The number of nitrogens with one attached hydrogen (secondary N) is 1. The third-order valence-corrected chi connectivity index (χ3v) is 6.97. The van der Waals surface area contributed by atoms with E-state index in [-0.39, 0.29) is 24.0 Å². The first kappa shape index (κ1) is 23.2. The number of carbonyl (C=O) groups excluding carboxylic acids is 2. The molecule has 180 valence electrons. The minimum Gasteiger partial charge on any atom is -0.485 e. The Morgan fingerprint density at radius 2 is 1.83 bits per heavy atom. The summed E-state index contributed by atoms with van der Waals surface area (Å²) in [6, 6.07) is 20.1. The molecule has 5 rings (SSSR count). The Morgan fingerprint density at radius 3 is 2.60 bits per heavy atom. The molecular weight excluding hydrogens is 466 g/mol. The van der Waals surface area contributed by atoms with E-state index in [9.17, 15) is 9.59 Å². The van der Waals surface area contributed by atoms with E-state index < -0.39 is 5.60 Å². The van der Waals surface area contributed by atoms with Crippen LogP contribution in [-0.2, 0) is 16.0 Å². The highest BCUT2D eigenvalue weighted by Crippen LogP contribution is 2.42. The minimum atomic E-state index is -0.994. The van der Waals surface area contributed by atoms with Gasteiger partial charge in [-0.25, -0.2) is 4.79 Å². The van der Waals surface area contributed by atoms with Crippen molar-refractivity contribution in [3.05, 3.63) is 94.0 Å². The number of methoxy groups -OCH3 is 1. The molecule has 35 heavy (non-hydrogen) atoms. The molecule has 0 aromatic heterocycles. The van der Waals surface area contributed by atoms with Gasteiger partial charge in [-0.2, -0.15) is 0 Å². The molecule has 0 saturated heterocycles. The molecule has 3 aromatic rings. The lowest BCUT2D eigenvalue weighted by atomic mass is 9.89. The van der Waals surface area contributed by atoms with Gasteiger partial charge in [0.25, 0.3) is 5.91 Å². The number of esters is 1. The Labute approximate surface area is 209 Å². The van der Waals surface area contributed by atoms with Crippen molar-refractivity contribution in [2.24, 2.45) is 0 Å². The number of hydrogen-bond donors (Lipinski definition) is 1. The molecule has 0 bridgehead atoms. The van der Waals surface area contributed by atoms with Crippen molar-refractivity contribution in [2.45, 2.75) is 43.9 Å². The number of hydrogen-bond acceptors (Lipinski definition) is 5. The Bertz CT molecular complexity index is 1270. The summed E-state index contributed by atoms with van der Waals surface area (Å²) in [6.07, 6.45) is 1.52. The molecular formula is C28H26ClNO5. The highest BCUT2D eigenvalue weighted by atomic mass is 35.5. The number of carbonyl (C=O) groups is 2. The first-order valence-corrected chi connectivity index (χ1v) is 12.0. The maximum atomic E-state index is 13.5. The van der Waals surface area contributed by atoms with Crippen LogP contribution in [0.4, 0.5) is 0 Å². The Balaban J connectivity index is 1.37. The maximum Gasteiger partial charge on any atom is 0.337 e. The van der Waals surface area contributed by atoms with E-state index in [0.29, 0.717) is 35.6 Å². The van der Waals surface area contributed by atoms with E-state index in [1.165, 1.54) is 7.11 Å². The zero-order chi connectivity index (χ0) is 24.6. The smallest absolute Gasteiger partial charge is 0.337 e. The highest BCUT2D eigenvalue weighted by Gasteiger charge is 2.41. The Morgan fingerprint density at radius 1 is 1.06 bits per heavy atom. The van der Waals surface area contributed by atoms with Crippen molar-refractivity contribution in [2.75, 3.05) is 7.11 Å². The second kappa shape index (κ2) is 9.27. The number of benzene rings is 3. The predicted octanol–water partition coefficient (Wildman–Crippen LogP) is 5.59. The quantitative estimate of drug-likeness (QED) is 0.481. The zero-order valence-corrected chi connectivity index (χ0v) is 20.3. The van der Waals surface area contributed by atoms with Crippen molar-refractivity contribution < 1.29 is 23.8 Å². The van der Waals surface area contributed by atoms with E-state index in [2.05, 4.69) is 5.32 Å². The number of amides is 1. The number of halogens is 1. The van der Waals surface area contributed by atoms with Gasteiger partial charge >= 0.3 is 5.97 Å². The molecule has 2 aliphatic heterocycles. The lowest BCUT2D eigenvalue weighted by Crippen LogP contribution is -2.52. The van der Waals surface area contributed by atoms with Crippen LogP contribution in [0.5, 0.6) is 11.5 Å². The van der Waals surface area contributed by atoms with Crippen LogP contribution in [0.3, 0.4) is 0 Å². The van der Waals surface area contributed by atoms with Gasteiger partial charge in [0.1, 0.15) is 17.6 Å². The third kappa shape index (κ3) is 4.58. The molecule has 2 heterocycles. The molecule has 0 saturated carbocycles. The first-order chi connectivity index (χ1) is 16.9. The third-order valence-electron chi connectivity index (χ3n) is 6.73. The van der Waals surface area contributed by atoms with Gasteiger partial charge in [-0.1, -0.05) is 41.9 Å². The fraction of sp³-hybridized carbons (Fsp3) is 0.286. The zero-order valence-electron chi connectivity index (χ0n) is 19.5. The van der Waals surface area contributed by atoms with Gasteiger partial charge in [-0.3, -0.25) is 4.79 Å². The van der Waals surface area contributed by atoms with E-state index in [4.69, 9.17) is 25.8 Å². The number of ether oxygens (including phenoxy) is 3. The number of rotatable bonds is 4. The summed E-state index contributed by atoms with van der Waals surface area (Å²) in [5.74, 6) is 0.857. The minimum absolute atomic E-state index is 0.167. The van der Waals surface area contributed by atoms with Gasteiger partial charge < -0.3 is 19.5 Å². The van der Waals surface area contributed by atoms with Crippen molar-refractivity contribution in [3.8, 4) is 11.5 Å². The monoisotopic (exact) mass is 491 g/mol. The summed E-state index contributed by atoms with van der Waals surface area (Å²) in [7, 11) is 1.36. The van der Waals surface area contributed by atoms with Gasteiger partial charge in [0.15, 0.2) is 5.60 Å². The van der Waals surface area contributed by atoms with Crippen molar-refractivity contribution in [3.63, 3.8) is 0 Å². The summed E-state index contributed by atoms with van der Waals surface area (Å²) in [5, 5.41) is 3.88. The van der Waals surface area contributed by atoms with Crippen LogP contribution in [0, 0.1) is 0 Å². The summed E-state index contributed by atoms with van der Waals surface area (Å²) in [4.78, 5) is 25.3. The normalized spacial score (nSPS) is 22.6. The standard InChI is InChI=1S/C28H26ClNO5/c1-28(14-13-19-15-20(29)11-12-23(19)35-28)27(32)30-22-16-25(34-24-6-4-3-5-21(22)24)17-7-9-18(10-8-17)26(31)33-2/h3-12,15,22,25H,13-14,16H2,1-2H3,(H,30,32)/t22-,25-,28+/m1/s1. The summed E-state index contributed by atoms with van der Waals surface area (Å²) in [5.41, 5.74) is 2.33. The van der Waals surface area contributed by atoms with Crippen LogP contribution >= 0.6 is 11.6 Å². The van der Waals surface area contributed by atoms with E-state index in [0.717, 1.165) is 22.4 Å². The van der Waals surface area contributed by atoms with E-state index in [1.807, 2.05) is 55.5 Å². The predicted molar refractivity (Wildman–Crippen MR) is 132 cm³/mol. The number of fused-ring (bicyclic) bond motifs is 2. The topological polar surface area (TPSA) is 73.9 Å². The Hall–Kier alpha value is -3.51. The number of para-hydroxylation sites is 1. The average Bonchev–Trinajstić information content (AvgIpc) is 2.88. The lowest BCUT2D eigenvalue weighted by molar-refractivity contribution is -0.138. The van der Waals surface area contributed by atoms with Gasteiger partial charge in [-0.05, 0) is 60.9 Å². The van der Waals surface area contributed by atoms with E-state index in [1.54, 1.807) is 18.2 Å². The van der Waals surface area contributed by atoms with Crippen LogP contribution in [0.25, 0.3) is 0 Å². The van der Waals surface area contributed by atoms with Crippen LogP contribution in [0.15, 0.2) is 66.7 Å². The summed E-state index contributed by atoms with van der Waals surface area (Å²) >= 11 is 6.11. The molecule has 0 spiro atoms. The van der Waals surface area contributed by atoms with Crippen molar-refractivity contribution in [1.29, 1.82) is 0 Å². The van der Waals surface area contributed by atoms with Crippen molar-refractivity contribution in [1.82, 2.24) is 5.32 Å². The second-order valence-corrected chi connectivity index (χ2v) is 9.54. The summed E-state index contributed by atoms with van der Waals surface area (Å²) < 4.78 is 17.2. The van der Waals surface area contributed by atoms with Crippen LogP contribution < -0.4 is 14.8 Å². The molecule has 0 radical (unpaired) electrons. The fourth-order valence-electron chi connectivity index (χ4n) is 4.69. The van der Waals surface area contributed by atoms with E-state index >= 15 is 0 Å². The molecule has 0 fully saturated rings. The van der Waals surface area contributed by atoms with Crippen LogP contribution in [0.1, 0.15) is 59.0 Å². The number of aryl methyl sites for hydroxylation is 1. The molecule has 0 aliphatic carbocycles. The Kier molecular flexibility index (Phi) is 6.15. The molecule has 0 unspecified atom stereocenters.